The second-order valence-electron chi connectivity index (χ2n) is 6.61. The number of nitrogens with one attached hydrogen (secondary N) is 1. The first kappa shape index (κ1) is 20.7. The number of imidazole rings is 1. The van der Waals surface area contributed by atoms with E-state index in [-0.39, 0.29) is 0 Å². The predicted molar refractivity (Wildman–Crippen MR) is 114 cm³/mol. The largest absolute Gasteiger partial charge is 0.453 e. The van der Waals surface area contributed by atoms with Gasteiger partial charge in [0.05, 0.1) is 29.9 Å². The summed E-state index contributed by atoms with van der Waals surface area (Å²) >= 11 is 1.29. The van der Waals surface area contributed by atoms with Gasteiger partial charge in [0, 0.05) is 5.56 Å². The number of ether oxygens (including phenoxy) is 1. The SMILES string of the molecule is COC(=O)NC(=O)[C@H](C)Sc1ncc(-c2ccccc2)n1-c1c(C)cccc1C. The molecule has 1 atom stereocenters. The quantitative estimate of drug-likeness (QED) is 0.627. The molecule has 0 aliphatic heterocycles. The number of hydrogen-bond acceptors (Lipinski definition) is 5. The van der Waals surface area contributed by atoms with E-state index in [0.29, 0.717) is 5.16 Å². The third-order valence-electron chi connectivity index (χ3n) is 4.52. The molecular weight excluding hydrogens is 386 g/mol. The highest BCUT2D eigenvalue weighted by Crippen LogP contribution is 2.34. The van der Waals surface area contributed by atoms with Crippen molar-refractivity contribution < 1.29 is 14.3 Å². The monoisotopic (exact) mass is 409 g/mol. The number of rotatable bonds is 5. The molecule has 0 spiro atoms. The molecule has 6 nitrogen and oxygen atoms in total. The molecule has 0 fully saturated rings. The molecule has 2 aromatic carbocycles. The van der Waals surface area contributed by atoms with Crippen LogP contribution in [0.2, 0.25) is 0 Å². The number of benzene rings is 2. The Morgan fingerprint density at radius 3 is 2.34 bits per heavy atom. The van der Waals surface area contributed by atoms with Crippen LogP contribution >= 0.6 is 11.8 Å². The summed E-state index contributed by atoms with van der Waals surface area (Å²) in [5.41, 5.74) is 5.21. The number of aryl methyl sites for hydroxylation is 2. The summed E-state index contributed by atoms with van der Waals surface area (Å²) in [6.45, 7) is 5.84. The van der Waals surface area contributed by atoms with E-state index in [0.717, 1.165) is 28.1 Å². The number of carbonyl (C=O) groups excluding carboxylic acids is 2. The van der Waals surface area contributed by atoms with Crippen molar-refractivity contribution in [1.29, 1.82) is 0 Å². The lowest BCUT2D eigenvalue weighted by atomic mass is 10.1. The van der Waals surface area contributed by atoms with Gasteiger partial charge in [0.1, 0.15) is 0 Å². The van der Waals surface area contributed by atoms with Gasteiger partial charge < -0.3 is 4.74 Å². The summed E-state index contributed by atoms with van der Waals surface area (Å²) in [6.07, 6.45) is 1.04. The molecule has 150 valence electrons. The molecule has 3 aromatic rings. The Morgan fingerprint density at radius 1 is 1.07 bits per heavy atom. The molecule has 29 heavy (non-hydrogen) atoms. The molecule has 0 aliphatic carbocycles. The number of nitrogens with zero attached hydrogens (tertiary/aromatic N) is 2. The van der Waals surface area contributed by atoms with Crippen molar-refractivity contribution in [2.45, 2.75) is 31.2 Å². The van der Waals surface area contributed by atoms with Crippen LogP contribution in [0, 0.1) is 13.8 Å². The van der Waals surface area contributed by atoms with Gasteiger partial charge in [-0.15, -0.1) is 0 Å². The van der Waals surface area contributed by atoms with Gasteiger partial charge in [0.15, 0.2) is 5.16 Å². The van der Waals surface area contributed by atoms with E-state index in [9.17, 15) is 9.59 Å². The lowest BCUT2D eigenvalue weighted by Gasteiger charge is -2.18. The summed E-state index contributed by atoms with van der Waals surface area (Å²) in [5, 5.41) is 2.35. The minimum atomic E-state index is -0.773. The van der Waals surface area contributed by atoms with Gasteiger partial charge in [-0.25, -0.2) is 9.78 Å². The molecule has 7 heteroatoms. The summed E-state index contributed by atoms with van der Waals surface area (Å²) in [5.74, 6) is -0.431. The zero-order chi connectivity index (χ0) is 21.0. The average Bonchev–Trinajstić information content (AvgIpc) is 3.11. The van der Waals surface area contributed by atoms with Gasteiger partial charge in [0.2, 0.25) is 5.91 Å². The fourth-order valence-electron chi connectivity index (χ4n) is 3.07. The van der Waals surface area contributed by atoms with Gasteiger partial charge in [-0.05, 0) is 31.9 Å². The summed E-state index contributed by atoms with van der Waals surface area (Å²) in [4.78, 5) is 28.3. The van der Waals surface area contributed by atoms with Crippen molar-refractivity contribution in [1.82, 2.24) is 14.9 Å². The van der Waals surface area contributed by atoms with Crippen LogP contribution in [0.4, 0.5) is 4.79 Å². The lowest BCUT2D eigenvalue weighted by molar-refractivity contribution is -0.119. The second kappa shape index (κ2) is 8.96. The van der Waals surface area contributed by atoms with Crippen LogP contribution in [0.1, 0.15) is 18.1 Å². The fourth-order valence-corrected chi connectivity index (χ4v) is 3.96. The van der Waals surface area contributed by atoms with Crippen molar-refractivity contribution in [2.24, 2.45) is 0 Å². The summed E-state index contributed by atoms with van der Waals surface area (Å²) in [6, 6.07) is 16.1. The number of imide groups is 1. The Kier molecular flexibility index (Phi) is 6.39. The average molecular weight is 410 g/mol. The van der Waals surface area contributed by atoms with E-state index in [1.165, 1.54) is 18.9 Å². The molecule has 1 heterocycles. The fraction of sp³-hybridized carbons (Fsp3) is 0.227. The number of aromatic nitrogens is 2. The number of amides is 2. The number of methoxy groups -OCH3 is 1. The van der Waals surface area contributed by atoms with Crippen LogP contribution in [-0.2, 0) is 9.53 Å². The lowest BCUT2D eigenvalue weighted by Crippen LogP contribution is -2.36. The normalized spacial score (nSPS) is 11.7. The standard InChI is InChI=1S/C22H23N3O3S/c1-14-9-8-10-15(2)19(14)25-18(17-11-6-5-7-12-17)13-23-21(25)29-16(3)20(26)24-22(27)28-4/h5-13,16H,1-4H3,(H,24,26,27)/t16-/m0/s1. The topological polar surface area (TPSA) is 73.2 Å². The third kappa shape index (κ3) is 4.51. The number of alkyl carbamates (subject to hydrolysis) is 1. The Balaban J connectivity index is 2.06. The zero-order valence-corrected chi connectivity index (χ0v) is 17.6. The van der Waals surface area contributed by atoms with Crippen molar-refractivity contribution >= 4 is 23.8 Å². The van der Waals surface area contributed by atoms with E-state index >= 15 is 0 Å². The second-order valence-corrected chi connectivity index (χ2v) is 7.92. The molecule has 3 rings (SSSR count). The first-order valence-electron chi connectivity index (χ1n) is 9.17. The molecule has 0 saturated heterocycles. The molecule has 2 amide bonds. The van der Waals surface area contributed by atoms with Gasteiger partial charge in [0.25, 0.3) is 0 Å². The molecule has 1 N–H and O–H groups in total. The minimum Gasteiger partial charge on any atom is -0.453 e. The van der Waals surface area contributed by atoms with Crippen LogP contribution in [0.25, 0.3) is 16.9 Å². The minimum absolute atomic E-state index is 0.431. The highest BCUT2D eigenvalue weighted by molar-refractivity contribution is 8.00. The first-order valence-corrected chi connectivity index (χ1v) is 10.1. The molecule has 0 unspecified atom stereocenters. The Hall–Kier alpha value is -3.06. The molecule has 0 radical (unpaired) electrons. The number of thioether (sulfide) groups is 1. The van der Waals surface area contributed by atoms with E-state index in [2.05, 4.69) is 45.6 Å². The number of carbonyl (C=O) groups is 2. The molecule has 1 aromatic heterocycles. The Morgan fingerprint density at radius 2 is 1.72 bits per heavy atom. The van der Waals surface area contributed by atoms with Gasteiger partial charge in [-0.1, -0.05) is 60.3 Å². The van der Waals surface area contributed by atoms with E-state index < -0.39 is 17.3 Å². The first-order chi connectivity index (χ1) is 13.9. The molecule has 0 bridgehead atoms. The van der Waals surface area contributed by atoms with Crippen molar-refractivity contribution in [3.63, 3.8) is 0 Å². The number of hydrogen-bond donors (Lipinski definition) is 1. The van der Waals surface area contributed by atoms with Gasteiger partial charge in [-0.2, -0.15) is 0 Å². The van der Waals surface area contributed by atoms with Crippen LogP contribution in [0.15, 0.2) is 59.9 Å². The van der Waals surface area contributed by atoms with Gasteiger partial charge >= 0.3 is 6.09 Å². The maximum absolute atomic E-state index is 12.3. The molecular formula is C22H23N3O3S. The van der Waals surface area contributed by atoms with E-state index in [4.69, 9.17) is 0 Å². The Bertz CT molecular complexity index is 1010. The molecule has 0 aliphatic rings. The van der Waals surface area contributed by atoms with Crippen molar-refractivity contribution in [2.75, 3.05) is 7.11 Å². The van der Waals surface area contributed by atoms with Crippen LogP contribution in [-0.4, -0.2) is 33.9 Å². The smallest absolute Gasteiger partial charge is 0.413 e. The zero-order valence-electron chi connectivity index (χ0n) is 16.8. The van der Waals surface area contributed by atoms with E-state index in [1.54, 1.807) is 6.92 Å². The van der Waals surface area contributed by atoms with Crippen LogP contribution < -0.4 is 5.32 Å². The van der Waals surface area contributed by atoms with Crippen molar-refractivity contribution in [3.8, 4) is 16.9 Å². The maximum Gasteiger partial charge on any atom is 0.413 e. The molecule has 0 saturated carbocycles. The summed E-state index contributed by atoms with van der Waals surface area (Å²) < 4.78 is 6.58. The highest BCUT2D eigenvalue weighted by Gasteiger charge is 2.23. The number of para-hydroxylation sites is 1. The highest BCUT2D eigenvalue weighted by atomic mass is 32.2. The van der Waals surface area contributed by atoms with Crippen molar-refractivity contribution in [3.05, 3.63) is 65.9 Å². The summed E-state index contributed by atoms with van der Waals surface area (Å²) in [7, 11) is 1.22. The predicted octanol–water partition coefficient (Wildman–Crippen LogP) is 4.52. The van der Waals surface area contributed by atoms with Gasteiger partial charge in [-0.3, -0.25) is 14.7 Å². The Labute approximate surface area is 174 Å². The van der Waals surface area contributed by atoms with Crippen LogP contribution in [0.3, 0.4) is 0 Å². The van der Waals surface area contributed by atoms with Crippen LogP contribution in [0.5, 0.6) is 0 Å². The van der Waals surface area contributed by atoms with E-state index in [1.807, 2.05) is 42.6 Å². The third-order valence-corrected chi connectivity index (χ3v) is 5.59. The maximum atomic E-state index is 12.3.